The normalized spacial score (nSPS) is 22.1. The molecule has 1 aliphatic rings. The highest BCUT2D eigenvalue weighted by atomic mass is 16.5. The van der Waals surface area contributed by atoms with Gasteiger partial charge in [0.15, 0.2) is 0 Å². The molecule has 1 aliphatic heterocycles. The minimum atomic E-state index is -0.321. The smallest absolute Gasteiger partial charge is 0.143 e. The van der Waals surface area contributed by atoms with Gasteiger partial charge in [-0.1, -0.05) is 30.3 Å². The van der Waals surface area contributed by atoms with E-state index in [1.54, 1.807) is 18.5 Å². The Hall–Kier alpha value is -2.04. The van der Waals surface area contributed by atoms with E-state index in [0.29, 0.717) is 12.4 Å². The van der Waals surface area contributed by atoms with Crippen LogP contribution in [0, 0.1) is 0 Å². The highest BCUT2D eigenvalue weighted by Crippen LogP contribution is 2.31. The van der Waals surface area contributed by atoms with Crippen LogP contribution in [0.1, 0.15) is 17.4 Å². The van der Waals surface area contributed by atoms with Crippen LogP contribution in [0.25, 0.3) is 0 Å². The first-order valence-corrected chi connectivity index (χ1v) is 6.19. The number of benzene rings is 1. The largest absolute Gasteiger partial charge is 0.467 e. The maximum atomic E-state index is 9.83. The van der Waals surface area contributed by atoms with Crippen LogP contribution >= 0.6 is 0 Å². The second-order valence-corrected chi connectivity index (χ2v) is 4.44. The first-order valence-electron chi connectivity index (χ1n) is 6.19. The topological polar surface area (TPSA) is 45.8 Å². The van der Waals surface area contributed by atoms with Crippen LogP contribution in [-0.2, 0) is 11.3 Å². The molecule has 19 heavy (non-hydrogen) atoms. The number of ether oxygens (including phenoxy) is 1. The Morgan fingerprint density at radius 3 is 2.74 bits per heavy atom. The molecular weight excluding hydrogens is 242 g/mol. The minimum Gasteiger partial charge on any atom is -0.467 e. The molecular formula is C15H15NO3. The second-order valence-electron chi connectivity index (χ2n) is 4.44. The van der Waals surface area contributed by atoms with E-state index >= 15 is 0 Å². The Kier molecular flexibility index (Phi) is 3.35. The van der Waals surface area contributed by atoms with Crippen molar-refractivity contribution in [2.24, 2.45) is 0 Å². The summed E-state index contributed by atoms with van der Waals surface area (Å²) in [6, 6.07) is 13.3. The molecule has 0 amide bonds. The fraction of sp³-hybridized carbons (Fsp3) is 0.200. The SMILES string of the molecule is ON1C=CC(OCc2ccccc2)C1c1ccco1. The van der Waals surface area contributed by atoms with E-state index in [1.165, 1.54) is 0 Å². The van der Waals surface area contributed by atoms with E-state index in [1.807, 2.05) is 42.5 Å². The van der Waals surface area contributed by atoms with E-state index in [0.717, 1.165) is 10.6 Å². The monoisotopic (exact) mass is 257 g/mol. The second kappa shape index (κ2) is 5.30. The number of hydroxylamine groups is 2. The number of furan rings is 1. The van der Waals surface area contributed by atoms with Crippen molar-refractivity contribution in [3.8, 4) is 0 Å². The van der Waals surface area contributed by atoms with E-state index in [4.69, 9.17) is 9.15 Å². The van der Waals surface area contributed by atoms with Crippen LogP contribution in [0.3, 0.4) is 0 Å². The lowest BCUT2D eigenvalue weighted by molar-refractivity contribution is -0.112. The quantitative estimate of drug-likeness (QED) is 0.914. The van der Waals surface area contributed by atoms with Gasteiger partial charge in [-0.25, -0.2) is 0 Å². The highest BCUT2D eigenvalue weighted by Gasteiger charge is 2.33. The van der Waals surface area contributed by atoms with Gasteiger partial charge in [-0.3, -0.25) is 10.3 Å². The molecule has 4 heteroatoms. The third-order valence-electron chi connectivity index (χ3n) is 3.14. The molecule has 1 aromatic carbocycles. The third-order valence-corrected chi connectivity index (χ3v) is 3.14. The zero-order chi connectivity index (χ0) is 13.1. The molecule has 0 radical (unpaired) electrons. The standard InChI is InChI=1S/C15H15NO3/c17-16-9-8-14(15(16)13-7-4-10-18-13)19-11-12-5-2-1-3-6-12/h1-10,14-15,17H,11H2. The fourth-order valence-electron chi connectivity index (χ4n) is 2.19. The molecule has 3 rings (SSSR count). The first kappa shape index (κ1) is 12.0. The molecule has 0 aliphatic carbocycles. The van der Waals surface area contributed by atoms with Crippen LogP contribution < -0.4 is 0 Å². The van der Waals surface area contributed by atoms with Crippen LogP contribution in [-0.4, -0.2) is 16.4 Å². The van der Waals surface area contributed by atoms with Gasteiger partial charge >= 0.3 is 0 Å². The van der Waals surface area contributed by atoms with Crippen LogP contribution in [0.2, 0.25) is 0 Å². The van der Waals surface area contributed by atoms with Crippen molar-refractivity contribution in [2.75, 3.05) is 0 Å². The summed E-state index contributed by atoms with van der Waals surface area (Å²) in [5, 5.41) is 11.0. The Morgan fingerprint density at radius 2 is 2.00 bits per heavy atom. The first-order chi connectivity index (χ1) is 9.34. The minimum absolute atomic E-state index is 0.226. The van der Waals surface area contributed by atoms with Gasteiger partial charge in [-0.15, -0.1) is 0 Å². The molecule has 2 unspecified atom stereocenters. The molecule has 1 N–H and O–H groups in total. The Bertz CT molecular complexity index is 536. The summed E-state index contributed by atoms with van der Waals surface area (Å²) in [6.45, 7) is 0.501. The van der Waals surface area contributed by atoms with Crippen molar-refractivity contribution in [1.82, 2.24) is 5.06 Å². The molecule has 4 nitrogen and oxygen atoms in total. The molecule has 98 valence electrons. The predicted molar refractivity (Wildman–Crippen MR) is 69.2 cm³/mol. The lowest BCUT2D eigenvalue weighted by Crippen LogP contribution is -2.25. The third kappa shape index (κ3) is 2.54. The number of nitrogens with zero attached hydrogens (tertiary/aromatic N) is 1. The lowest BCUT2D eigenvalue weighted by Gasteiger charge is -2.22. The lowest BCUT2D eigenvalue weighted by atomic mass is 10.1. The highest BCUT2D eigenvalue weighted by molar-refractivity contribution is 5.17. The predicted octanol–water partition coefficient (Wildman–Crippen LogP) is 3.12. The summed E-state index contributed by atoms with van der Waals surface area (Å²) in [5.74, 6) is 0.686. The Morgan fingerprint density at radius 1 is 1.16 bits per heavy atom. The summed E-state index contributed by atoms with van der Waals surface area (Å²) < 4.78 is 11.2. The maximum Gasteiger partial charge on any atom is 0.143 e. The van der Waals surface area contributed by atoms with Gasteiger partial charge in [0, 0.05) is 6.20 Å². The summed E-state index contributed by atoms with van der Waals surface area (Å²) >= 11 is 0. The van der Waals surface area contributed by atoms with E-state index in [9.17, 15) is 5.21 Å². The molecule has 2 aromatic rings. The van der Waals surface area contributed by atoms with E-state index in [2.05, 4.69) is 0 Å². The van der Waals surface area contributed by atoms with Gasteiger partial charge in [0.25, 0.3) is 0 Å². The van der Waals surface area contributed by atoms with Crippen molar-refractivity contribution in [3.63, 3.8) is 0 Å². The zero-order valence-corrected chi connectivity index (χ0v) is 10.3. The average Bonchev–Trinajstić information content (AvgIpc) is 3.07. The van der Waals surface area contributed by atoms with E-state index in [-0.39, 0.29) is 12.1 Å². The molecule has 0 saturated heterocycles. The summed E-state index contributed by atoms with van der Waals surface area (Å²) in [4.78, 5) is 0. The molecule has 0 spiro atoms. The van der Waals surface area contributed by atoms with Gasteiger partial charge in [-0.2, -0.15) is 0 Å². The molecule has 2 heterocycles. The van der Waals surface area contributed by atoms with Crippen molar-refractivity contribution in [2.45, 2.75) is 18.8 Å². The summed E-state index contributed by atoms with van der Waals surface area (Å²) in [6.07, 6.45) is 4.80. The number of hydrogen-bond donors (Lipinski definition) is 1. The van der Waals surface area contributed by atoms with Crippen molar-refractivity contribution < 1.29 is 14.4 Å². The molecule has 2 atom stereocenters. The van der Waals surface area contributed by atoms with Crippen LogP contribution in [0.15, 0.2) is 65.4 Å². The van der Waals surface area contributed by atoms with Gasteiger partial charge < -0.3 is 9.15 Å². The average molecular weight is 257 g/mol. The summed E-state index contributed by atoms with van der Waals surface area (Å²) in [5.41, 5.74) is 1.10. The van der Waals surface area contributed by atoms with Gasteiger partial charge in [-0.05, 0) is 23.8 Å². The van der Waals surface area contributed by atoms with Gasteiger partial charge in [0.1, 0.15) is 17.9 Å². The van der Waals surface area contributed by atoms with Crippen molar-refractivity contribution >= 4 is 0 Å². The maximum absolute atomic E-state index is 9.83. The van der Waals surface area contributed by atoms with Crippen LogP contribution in [0.5, 0.6) is 0 Å². The number of rotatable bonds is 4. The van der Waals surface area contributed by atoms with E-state index < -0.39 is 0 Å². The fourth-order valence-corrected chi connectivity index (χ4v) is 2.19. The number of hydrogen-bond acceptors (Lipinski definition) is 4. The molecule has 0 saturated carbocycles. The van der Waals surface area contributed by atoms with Crippen molar-refractivity contribution in [1.29, 1.82) is 0 Å². The van der Waals surface area contributed by atoms with Gasteiger partial charge in [0.05, 0.1) is 12.9 Å². The Balaban J connectivity index is 1.68. The van der Waals surface area contributed by atoms with Crippen LogP contribution in [0.4, 0.5) is 0 Å². The van der Waals surface area contributed by atoms with Crippen molar-refractivity contribution in [3.05, 3.63) is 72.3 Å². The molecule has 0 fully saturated rings. The zero-order valence-electron chi connectivity index (χ0n) is 10.3. The Labute approximate surface area is 111 Å². The molecule has 1 aromatic heterocycles. The van der Waals surface area contributed by atoms with Gasteiger partial charge in [0.2, 0.25) is 0 Å². The molecule has 0 bridgehead atoms. The summed E-state index contributed by atoms with van der Waals surface area (Å²) in [7, 11) is 0.